The summed E-state index contributed by atoms with van der Waals surface area (Å²) in [6, 6.07) is 0. The first-order chi connectivity index (χ1) is 8.60. The topological polar surface area (TPSA) is 73.2 Å². The number of imidazole rings is 1. The second kappa shape index (κ2) is 7.73. The Balaban J connectivity index is 2.36. The Kier molecular flexibility index (Phi) is 6.62. The highest BCUT2D eigenvalue weighted by Gasteiger charge is 2.16. The van der Waals surface area contributed by atoms with Gasteiger partial charge in [0, 0.05) is 31.8 Å². The zero-order valence-corrected chi connectivity index (χ0v) is 11.9. The summed E-state index contributed by atoms with van der Waals surface area (Å²) in [4.78, 5) is 3.85. The molecule has 104 valence electrons. The number of alkyl halides is 1. The molecule has 8 heteroatoms. The summed E-state index contributed by atoms with van der Waals surface area (Å²) in [6.07, 6.45) is 3.61. The van der Waals surface area contributed by atoms with Gasteiger partial charge in [-0.25, -0.2) is 18.1 Å². The molecule has 1 N–H and O–H groups in total. The van der Waals surface area contributed by atoms with Gasteiger partial charge in [-0.2, -0.15) is 0 Å². The molecule has 0 aliphatic heterocycles. The molecular formula is C10H18ClN3O3S. The van der Waals surface area contributed by atoms with E-state index in [4.69, 9.17) is 16.3 Å². The van der Waals surface area contributed by atoms with E-state index in [0.717, 1.165) is 0 Å². The smallest absolute Gasteiger partial charge is 0.259 e. The van der Waals surface area contributed by atoms with Crippen molar-refractivity contribution in [2.24, 2.45) is 0 Å². The minimum absolute atomic E-state index is 0.0472. The maximum absolute atomic E-state index is 11.8. The molecule has 0 spiro atoms. The van der Waals surface area contributed by atoms with Crippen molar-refractivity contribution in [2.75, 3.05) is 25.6 Å². The number of nitrogens with one attached hydrogen (secondary N) is 1. The molecule has 1 aromatic rings. The first kappa shape index (κ1) is 15.4. The van der Waals surface area contributed by atoms with E-state index in [0.29, 0.717) is 38.6 Å². The average molecular weight is 296 g/mol. The number of aryl methyl sites for hydroxylation is 1. The number of nitrogens with zero attached hydrogens (tertiary/aromatic N) is 2. The number of rotatable bonds is 9. The Morgan fingerprint density at radius 3 is 2.89 bits per heavy atom. The van der Waals surface area contributed by atoms with E-state index in [1.165, 1.54) is 12.5 Å². The van der Waals surface area contributed by atoms with Gasteiger partial charge in [0.05, 0.1) is 12.9 Å². The fraction of sp³-hybridized carbons (Fsp3) is 0.700. The van der Waals surface area contributed by atoms with Crippen LogP contribution in [0.2, 0.25) is 0 Å². The first-order valence-electron chi connectivity index (χ1n) is 5.75. The van der Waals surface area contributed by atoms with Crippen molar-refractivity contribution in [1.29, 1.82) is 0 Å². The van der Waals surface area contributed by atoms with Crippen molar-refractivity contribution >= 4 is 21.6 Å². The lowest BCUT2D eigenvalue weighted by atomic mass is 10.5. The molecule has 1 aromatic heterocycles. The zero-order valence-electron chi connectivity index (χ0n) is 10.3. The van der Waals surface area contributed by atoms with E-state index in [9.17, 15) is 8.42 Å². The van der Waals surface area contributed by atoms with Gasteiger partial charge in [0.2, 0.25) is 0 Å². The quantitative estimate of drug-likeness (QED) is 0.541. The molecule has 0 aromatic carbocycles. The number of halogens is 1. The van der Waals surface area contributed by atoms with Crippen LogP contribution in [0.5, 0.6) is 0 Å². The molecule has 0 amide bonds. The molecule has 18 heavy (non-hydrogen) atoms. The van der Waals surface area contributed by atoms with Crippen LogP contribution in [0.1, 0.15) is 13.3 Å². The molecule has 6 nitrogen and oxygen atoms in total. The molecule has 0 unspecified atom stereocenters. The third-order valence-corrected chi connectivity index (χ3v) is 3.73. The van der Waals surface area contributed by atoms with Crippen LogP contribution in [-0.2, 0) is 21.3 Å². The van der Waals surface area contributed by atoms with Gasteiger partial charge in [-0.3, -0.25) is 0 Å². The SMILES string of the molecule is CCn1cnc(S(=O)(=O)NCCCOCCCl)c1. The molecule has 0 aliphatic rings. The highest BCUT2D eigenvalue weighted by molar-refractivity contribution is 7.89. The lowest BCUT2D eigenvalue weighted by molar-refractivity contribution is 0.147. The first-order valence-corrected chi connectivity index (χ1v) is 7.77. The molecule has 0 bridgehead atoms. The summed E-state index contributed by atoms with van der Waals surface area (Å²) in [5.74, 6) is 0.445. The molecule has 0 saturated carbocycles. The van der Waals surface area contributed by atoms with Crippen molar-refractivity contribution in [3.05, 3.63) is 12.5 Å². The van der Waals surface area contributed by atoms with Gasteiger partial charge >= 0.3 is 0 Å². The summed E-state index contributed by atoms with van der Waals surface area (Å²) in [6.45, 7) is 3.89. The fourth-order valence-electron chi connectivity index (χ4n) is 1.26. The fourth-order valence-corrected chi connectivity index (χ4v) is 2.39. The lowest BCUT2D eigenvalue weighted by Gasteiger charge is -2.04. The van der Waals surface area contributed by atoms with Crippen LogP contribution in [0.15, 0.2) is 17.6 Å². The molecule has 0 atom stereocenters. The third-order valence-electron chi connectivity index (χ3n) is 2.23. The Hall–Kier alpha value is -0.630. The van der Waals surface area contributed by atoms with E-state index in [1.54, 1.807) is 4.57 Å². The Bertz CT molecular complexity index is 447. The molecule has 0 saturated heterocycles. The van der Waals surface area contributed by atoms with Crippen LogP contribution in [0.4, 0.5) is 0 Å². The molecule has 0 radical (unpaired) electrons. The van der Waals surface area contributed by atoms with Gasteiger partial charge in [0.25, 0.3) is 10.0 Å². The highest BCUT2D eigenvalue weighted by atomic mass is 35.5. The zero-order chi connectivity index (χ0) is 13.4. The van der Waals surface area contributed by atoms with Crippen LogP contribution in [0, 0.1) is 0 Å². The number of ether oxygens (including phenoxy) is 1. The summed E-state index contributed by atoms with van der Waals surface area (Å²) < 4.78 is 32.9. The van der Waals surface area contributed by atoms with Gasteiger partial charge in [-0.05, 0) is 13.3 Å². The summed E-state index contributed by atoms with van der Waals surface area (Å²) in [7, 11) is -3.51. The minimum atomic E-state index is -3.51. The summed E-state index contributed by atoms with van der Waals surface area (Å²) in [5, 5.41) is 0.0472. The van der Waals surface area contributed by atoms with Crippen LogP contribution in [-0.4, -0.2) is 43.6 Å². The number of hydrogen-bond acceptors (Lipinski definition) is 4. The standard InChI is InChI=1S/C10H18ClN3O3S/c1-2-14-8-10(12-9-14)18(15,16)13-5-3-6-17-7-4-11/h8-9,13H,2-7H2,1H3. The van der Waals surface area contributed by atoms with Crippen molar-refractivity contribution in [2.45, 2.75) is 24.9 Å². The number of aromatic nitrogens is 2. The highest BCUT2D eigenvalue weighted by Crippen LogP contribution is 2.04. The average Bonchev–Trinajstić information content (AvgIpc) is 2.83. The summed E-state index contributed by atoms with van der Waals surface area (Å²) in [5.41, 5.74) is 0. The number of sulfonamides is 1. The minimum Gasteiger partial charge on any atom is -0.380 e. The van der Waals surface area contributed by atoms with Crippen LogP contribution in [0.25, 0.3) is 0 Å². The largest absolute Gasteiger partial charge is 0.380 e. The number of hydrogen-bond donors (Lipinski definition) is 1. The van der Waals surface area contributed by atoms with Crippen LogP contribution in [0.3, 0.4) is 0 Å². The van der Waals surface area contributed by atoms with Gasteiger partial charge < -0.3 is 9.30 Å². The monoisotopic (exact) mass is 295 g/mol. The van der Waals surface area contributed by atoms with Crippen molar-refractivity contribution in [3.8, 4) is 0 Å². The van der Waals surface area contributed by atoms with Crippen molar-refractivity contribution in [1.82, 2.24) is 14.3 Å². The Morgan fingerprint density at radius 1 is 1.50 bits per heavy atom. The molecule has 1 rings (SSSR count). The van der Waals surface area contributed by atoms with Gasteiger partial charge in [-0.15, -0.1) is 11.6 Å². The van der Waals surface area contributed by atoms with E-state index in [2.05, 4.69) is 9.71 Å². The van der Waals surface area contributed by atoms with Crippen molar-refractivity contribution < 1.29 is 13.2 Å². The Labute approximate surface area is 112 Å². The molecule has 1 heterocycles. The molecular weight excluding hydrogens is 278 g/mol. The third kappa shape index (κ3) is 4.93. The van der Waals surface area contributed by atoms with Gasteiger partial charge in [0.1, 0.15) is 0 Å². The predicted octanol–water partition coefficient (Wildman–Crippen LogP) is 0.827. The van der Waals surface area contributed by atoms with E-state index in [1.807, 2.05) is 6.92 Å². The van der Waals surface area contributed by atoms with Crippen LogP contribution >= 0.6 is 11.6 Å². The van der Waals surface area contributed by atoms with Crippen molar-refractivity contribution in [3.63, 3.8) is 0 Å². The second-order valence-electron chi connectivity index (χ2n) is 3.60. The van der Waals surface area contributed by atoms with E-state index < -0.39 is 10.0 Å². The Morgan fingerprint density at radius 2 is 2.28 bits per heavy atom. The maximum atomic E-state index is 11.8. The van der Waals surface area contributed by atoms with Gasteiger partial charge in [-0.1, -0.05) is 0 Å². The predicted molar refractivity (Wildman–Crippen MR) is 69.2 cm³/mol. The molecule has 0 aliphatic carbocycles. The second-order valence-corrected chi connectivity index (χ2v) is 5.69. The van der Waals surface area contributed by atoms with Gasteiger partial charge in [0.15, 0.2) is 5.03 Å². The van der Waals surface area contributed by atoms with E-state index in [-0.39, 0.29) is 5.03 Å². The lowest BCUT2D eigenvalue weighted by Crippen LogP contribution is -2.26. The molecule has 0 fully saturated rings. The van der Waals surface area contributed by atoms with Crippen LogP contribution < -0.4 is 4.72 Å². The normalized spacial score (nSPS) is 11.9. The maximum Gasteiger partial charge on any atom is 0.259 e. The summed E-state index contributed by atoms with van der Waals surface area (Å²) >= 11 is 5.44. The van der Waals surface area contributed by atoms with E-state index >= 15 is 0 Å².